The number of hydroxylamine groups is 2. The Bertz CT molecular complexity index is 1720. The summed E-state index contributed by atoms with van der Waals surface area (Å²) in [4.78, 5) is 89.3. The van der Waals surface area contributed by atoms with Crippen molar-refractivity contribution >= 4 is 35.8 Å². The predicted octanol–water partition coefficient (Wildman–Crippen LogP) is 0.897. The van der Waals surface area contributed by atoms with Crippen LogP contribution in [0.3, 0.4) is 0 Å². The summed E-state index contributed by atoms with van der Waals surface area (Å²) < 4.78 is 23.1. The lowest BCUT2D eigenvalue weighted by Gasteiger charge is -2.35. The number of morpholine rings is 1. The second kappa shape index (κ2) is 20.9. The van der Waals surface area contributed by atoms with E-state index >= 15 is 0 Å². The van der Waals surface area contributed by atoms with E-state index in [4.69, 9.17) is 23.8 Å². The summed E-state index contributed by atoms with van der Waals surface area (Å²) in [5.74, 6) is -2.07. The number of ether oxygens (including phenoxy) is 4. The van der Waals surface area contributed by atoms with Crippen LogP contribution >= 0.6 is 0 Å². The fraction of sp³-hybridized carbons (Fsp3) is 0.615. The van der Waals surface area contributed by atoms with Gasteiger partial charge in [-0.05, 0) is 57.6 Å². The lowest BCUT2D eigenvalue weighted by atomic mass is 9.93. The zero-order valence-electron chi connectivity index (χ0n) is 33.0. The molecule has 3 aliphatic heterocycles. The van der Waals surface area contributed by atoms with E-state index in [2.05, 4.69) is 20.6 Å². The Morgan fingerprint density at radius 2 is 1.67 bits per heavy atom. The molecule has 58 heavy (non-hydrogen) atoms. The molecule has 1 aromatic heterocycles. The molecule has 2 atom stereocenters. The summed E-state index contributed by atoms with van der Waals surface area (Å²) in [6.07, 6.45) is 3.20. The van der Waals surface area contributed by atoms with Gasteiger partial charge in [0.1, 0.15) is 18.7 Å². The van der Waals surface area contributed by atoms with Crippen molar-refractivity contribution in [2.75, 3.05) is 85.4 Å². The highest BCUT2D eigenvalue weighted by molar-refractivity contribution is 5.96. The largest absolute Gasteiger partial charge is 0.527 e. The minimum atomic E-state index is -1.14. The number of amides is 4. The SMILES string of the molecule is CCOC(=O)ON1CCN(C(=O)[C@H](CCC(=O)OCCN2CCOCC2)NC(=O)c2cc(OCC(=O)N3CCC[C@H]3C(=O)NC3CCC3)n(-c3ccccc3)n2)CC1. The number of hydrogen-bond acceptors (Lipinski definition) is 14. The molecule has 6 rings (SSSR count). The van der Waals surface area contributed by atoms with Gasteiger partial charge in [-0.2, -0.15) is 5.10 Å². The van der Waals surface area contributed by atoms with Crippen LogP contribution in [0.5, 0.6) is 5.88 Å². The third kappa shape index (κ3) is 11.7. The van der Waals surface area contributed by atoms with E-state index < -0.39 is 42.6 Å². The number of carbonyl (C=O) groups is 6. The normalized spacial score (nSPS) is 19.4. The highest BCUT2D eigenvalue weighted by atomic mass is 16.8. The van der Waals surface area contributed by atoms with Crippen LogP contribution in [0.2, 0.25) is 0 Å². The van der Waals surface area contributed by atoms with Gasteiger partial charge >= 0.3 is 12.1 Å². The van der Waals surface area contributed by atoms with E-state index in [0.29, 0.717) is 44.8 Å². The molecule has 4 aliphatic rings. The minimum absolute atomic E-state index is 0.0525. The topological polar surface area (TPSA) is 203 Å². The summed E-state index contributed by atoms with van der Waals surface area (Å²) in [6.45, 7) is 6.11. The van der Waals surface area contributed by atoms with Gasteiger partial charge in [-0.25, -0.2) is 9.48 Å². The third-order valence-electron chi connectivity index (χ3n) is 10.6. The number of esters is 1. The number of piperazine rings is 1. The molecule has 0 unspecified atom stereocenters. The Labute approximate surface area is 337 Å². The second-order valence-corrected chi connectivity index (χ2v) is 14.6. The summed E-state index contributed by atoms with van der Waals surface area (Å²) >= 11 is 0. The average Bonchev–Trinajstić information content (AvgIpc) is 3.89. The number of nitrogens with one attached hydrogen (secondary N) is 2. The average molecular weight is 811 g/mol. The van der Waals surface area contributed by atoms with Gasteiger partial charge < -0.3 is 44.2 Å². The van der Waals surface area contributed by atoms with Gasteiger partial charge in [0.2, 0.25) is 17.7 Å². The van der Waals surface area contributed by atoms with Gasteiger partial charge in [-0.15, -0.1) is 5.06 Å². The first-order chi connectivity index (χ1) is 28.2. The van der Waals surface area contributed by atoms with Gasteiger partial charge in [-0.1, -0.05) is 18.2 Å². The van der Waals surface area contributed by atoms with Crippen LogP contribution in [0.15, 0.2) is 36.4 Å². The van der Waals surface area contributed by atoms with Crippen LogP contribution in [-0.2, 0) is 38.2 Å². The van der Waals surface area contributed by atoms with E-state index in [-0.39, 0.29) is 81.7 Å². The molecule has 1 aliphatic carbocycles. The molecule has 0 bridgehead atoms. The number of nitrogens with zero attached hydrogens (tertiary/aromatic N) is 6. The molecule has 0 radical (unpaired) electrons. The quantitative estimate of drug-likeness (QED) is 0.213. The fourth-order valence-corrected chi connectivity index (χ4v) is 7.15. The molecule has 4 heterocycles. The number of carbonyl (C=O) groups excluding carboxylic acids is 6. The van der Waals surface area contributed by atoms with E-state index in [0.717, 1.165) is 32.4 Å². The number of benzene rings is 1. The van der Waals surface area contributed by atoms with Gasteiger partial charge in [0.05, 0.1) is 38.6 Å². The fourth-order valence-electron chi connectivity index (χ4n) is 7.15. The van der Waals surface area contributed by atoms with Gasteiger partial charge in [0.15, 0.2) is 12.3 Å². The van der Waals surface area contributed by atoms with Crippen molar-refractivity contribution in [2.45, 2.75) is 70.0 Å². The van der Waals surface area contributed by atoms with E-state index in [1.165, 1.54) is 25.6 Å². The summed E-state index contributed by atoms with van der Waals surface area (Å²) in [7, 11) is 0. The Morgan fingerprint density at radius 3 is 2.38 bits per heavy atom. The summed E-state index contributed by atoms with van der Waals surface area (Å²) in [5, 5.41) is 11.7. The molecule has 19 nitrogen and oxygen atoms in total. The van der Waals surface area contributed by atoms with Crippen LogP contribution in [0.1, 0.15) is 62.4 Å². The lowest BCUT2D eigenvalue weighted by Crippen LogP contribution is -2.55. The zero-order valence-corrected chi connectivity index (χ0v) is 33.0. The summed E-state index contributed by atoms with van der Waals surface area (Å²) in [5.41, 5.74) is 0.460. The molecule has 0 spiro atoms. The van der Waals surface area contributed by atoms with Crippen molar-refractivity contribution in [3.05, 3.63) is 42.1 Å². The monoisotopic (exact) mass is 810 g/mol. The van der Waals surface area contributed by atoms with E-state index in [1.807, 2.05) is 6.07 Å². The maximum atomic E-state index is 13.9. The van der Waals surface area contributed by atoms with Crippen LogP contribution in [0.4, 0.5) is 4.79 Å². The molecule has 1 saturated carbocycles. The lowest BCUT2D eigenvalue weighted by molar-refractivity contribution is -0.157. The molecule has 316 valence electrons. The van der Waals surface area contributed by atoms with Crippen molar-refractivity contribution in [1.82, 2.24) is 40.2 Å². The van der Waals surface area contributed by atoms with Crippen molar-refractivity contribution in [3.63, 3.8) is 0 Å². The standard InChI is InChI=1S/C39H54N8O11/c1-2-55-39(53)58-45-18-16-44(17-19-45)38(52)30(13-14-35(49)56-25-22-43-20-23-54-24-21-43)41-36(50)31-26-34(47(42-31)29-10-4-3-5-11-29)57-27-33(48)46-15-7-12-32(46)37(51)40-28-8-6-9-28/h3-5,10-11,26,28,30,32H,2,6-9,12-25,27H2,1H3,(H,40,51)(H,41,50)/t30-,32-/m0/s1. The Hall–Kier alpha value is -5.27. The molecule has 2 aromatic rings. The molecule has 1 aromatic carbocycles. The van der Waals surface area contributed by atoms with E-state index in [1.54, 1.807) is 31.2 Å². The van der Waals surface area contributed by atoms with Crippen LogP contribution in [0, 0.1) is 0 Å². The van der Waals surface area contributed by atoms with Crippen LogP contribution < -0.4 is 15.4 Å². The predicted molar refractivity (Wildman–Crippen MR) is 205 cm³/mol. The van der Waals surface area contributed by atoms with Crippen LogP contribution in [-0.4, -0.2) is 169 Å². The molecule has 3 saturated heterocycles. The first kappa shape index (κ1) is 42.3. The van der Waals surface area contributed by atoms with Crippen molar-refractivity contribution in [1.29, 1.82) is 0 Å². The third-order valence-corrected chi connectivity index (χ3v) is 10.6. The smallest absolute Gasteiger partial charge is 0.467 e. The zero-order chi connectivity index (χ0) is 40.9. The highest BCUT2D eigenvalue weighted by Crippen LogP contribution is 2.24. The van der Waals surface area contributed by atoms with Gasteiger partial charge in [0, 0.05) is 57.8 Å². The maximum Gasteiger partial charge on any atom is 0.527 e. The number of hydrogen-bond donors (Lipinski definition) is 2. The first-order valence-corrected chi connectivity index (χ1v) is 20.2. The highest BCUT2D eigenvalue weighted by Gasteiger charge is 2.36. The van der Waals surface area contributed by atoms with Gasteiger partial charge in [-0.3, -0.25) is 28.9 Å². The molecule has 2 N–H and O–H groups in total. The van der Waals surface area contributed by atoms with Crippen molar-refractivity contribution in [2.24, 2.45) is 0 Å². The number of aromatic nitrogens is 2. The molecular weight excluding hydrogens is 756 g/mol. The molecule has 19 heteroatoms. The second-order valence-electron chi connectivity index (χ2n) is 14.6. The Balaban J connectivity index is 1.12. The van der Waals surface area contributed by atoms with Crippen LogP contribution in [0.25, 0.3) is 5.69 Å². The molecular formula is C39H54N8O11. The Kier molecular flexibility index (Phi) is 15.3. The minimum Gasteiger partial charge on any atom is -0.467 e. The first-order valence-electron chi connectivity index (χ1n) is 20.2. The number of rotatable bonds is 17. The number of para-hydroxylation sites is 1. The molecule has 4 fully saturated rings. The Morgan fingerprint density at radius 1 is 0.914 bits per heavy atom. The van der Waals surface area contributed by atoms with Gasteiger partial charge in [0.25, 0.3) is 11.8 Å². The van der Waals surface area contributed by atoms with E-state index in [9.17, 15) is 28.8 Å². The maximum absolute atomic E-state index is 13.9. The van der Waals surface area contributed by atoms with Crippen molar-refractivity contribution in [3.8, 4) is 11.6 Å². The molecule has 4 amide bonds. The van der Waals surface area contributed by atoms with Crippen molar-refractivity contribution < 1.29 is 52.6 Å². The number of likely N-dealkylation sites (tertiary alicyclic amines) is 1. The summed E-state index contributed by atoms with van der Waals surface area (Å²) in [6, 6.07) is 8.74.